The minimum atomic E-state index is -0.690. The SMILES string of the molecule is O=C(COC(=O)c1cc(-c2ccc(N3C(=O)C4C5CC(C(Br)C5Br)C4C3=O)cc2)nc2ccccc12)c1ccc(Cl)cc1Cl. The summed E-state index contributed by atoms with van der Waals surface area (Å²) in [5.41, 5.74) is 2.69. The summed E-state index contributed by atoms with van der Waals surface area (Å²) in [7, 11) is 0. The number of hydrogen-bond acceptors (Lipinski definition) is 6. The van der Waals surface area contributed by atoms with Crippen molar-refractivity contribution in [3.63, 3.8) is 0 Å². The van der Waals surface area contributed by atoms with E-state index in [1.807, 2.05) is 6.07 Å². The van der Waals surface area contributed by atoms with Crippen LogP contribution in [-0.2, 0) is 14.3 Å². The number of aromatic nitrogens is 1. The van der Waals surface area contributed by atoms with Crippen molar-refractivity contribution < 1.29 is 23.9 Å². The van der Waals surface area contributed by atoms with Crippen molar-refractivity contribution in [2.45, 2.75) is 16.1 Å². The van der Waals surface area contributed by atoms with Crippen LogP contribution in [0, 0.1) is 23.7 Å². The smallest absolute Gasteiger partial charge is 0.339 e. The molecular weight excluding hydrogens is 735 g/mol. The molecule has 0 radical (unpaired) electrons. The fourth-order valence-electron chi connectivity index (χ4n) is 6.88. The van der Waals surface area contributed by atoms with E-state index in [-0.39, 0.29) is 61.3 Å². The number of rotatable bonds is 6. The zero-order valence-electron chi connectivity index (χ0n) is 22.8. The predicted molar refractivity (Wildman–Crippen MR) is 175 cm³/mol. The Kier molecular flexibility index (Phi) is 7.64. The molecule has 222 valence electrons. The number of carbonyl (C=O) groups excluding carboxylic acids is 4. The molecular formula is C33H22Br2Cl2N2O5. The third kappa shape index (κ3) is 4.80. The second kappa shape index (κ2) is 11.4. The number of imide groups is 1. The van der Waals surface area contributed by atoms with Crippen molar-refractivity contribution in [3.05, 3.63) is 94.0 Å². The van der Waals surface area contributed by atoms with E-state index in [9.17, 15) is 19.2 Å². The number of benzene rings is 3. The van der Waals surface area contributed by atoms with Crippen LogP contribution < -0.4 is 4.90 Å². The van der Waals surface area contributed by atoms with Gasteiger partial charge in [-0.1, -0.05) is 85.4 Å². The average Bonchev–Trinajstić information content (AvgIpc) is 3.63. The first-order valence-electron chi connectivity index (χ1n) is 14.0. The first-order valence-corrected chi connectivity index (χ1v) is 16.5. The van der Waals surface area contributed by atoms with Crippen LogP contribution in [0.3, 0.4) is 0 Å². The second-order valence-corrected chi connectivity index (χ2v) is 14.2. The third-order valence-electron chi connectivity index (χ3n) is 8.91. The van der Waals surface area contributed by atoms with Crippen molar-refractivity contribution in [2.24, 2.45) is 23.7 Å². The lowest BCUT2D eigenvalue weighted by atomic mass is 9.81. The van der Waals surface area contributed by atoms with E-state index in [1.54, 1.807) is 54.6 Å². The van der Waals surface area contributed by atoms with Crippen LogP contribution in [0.25, 0.3) is 22.2 Å². The number of anilines is 1. The van der Waals surface area contributed by atoms with Gasteiger partial charge in [0.15, 0.2) is 6.61 Å². The summed E-state index contributed by atoms with van der Waals surface area (Å²) in [5.74, 6) is -1.78. The summed E-state index contributed by atoms with van der Waals surface area (Å²) in [6.07, 6.45) is 0.868. The molecule has 2 bridgehead atoms. The summed E-state index contributed by atoms with van der Waals surface area (Å²) in [5, 5.41) is 1.13. The fraction of sp³-hybridized carbons (Fsp3) is 0.242. The molecule has 44 heavy (non-hydrogen) atoms. The molecule has 2 amide bonds. The van der Waals surface area contributed by atoms with Crippen molar-refractivity contribution in [3.8, 4) is 11.3 Å². The maximum Gasteiger partial charge on any atom is 0.339 e. The van der Waals surface area contributed by atoms with Crippen molar-refractivity contribution in [1.29, 1.82) is 0 Å². The lowest BCUT2D eigenvalue weighted by Gasteiger charge is -2.28. The van der Waals surface area contributed by atoms with E-state index >= 15 is 0 Å². The van der Waals surface area contributed by atoms with Crippen molar-refractivity contribution >= 4 is 95.2 Å². The Bertz CT molecular complexity index is 1850. The summed E-state index contributed by atoms with van der Waals surface area (Å²) in [6.45, 7) is -0.506. The molecule has 2 heterocycles. The highest BCUT2D eigenvalue weighted by molar-refractivity contribution is 9.12. The number of halogens is 4. The average molecular weight is 757 g/mol. The van der Waals surface area contributed by atoms with E-state index < -0.39 is 18.4 Å². The number of carbonyl (C=O) groups is 4. The zero-order valence-corrected chi connectivity index (χ0v) is 27.4. The normalized spacial score (nSPS) is 25.5. The summed E-state index contributed by atoms with van der Waals surface area (Å²) in [4.78, 5) is 59.3. The standard InChI is InChI=1S/C33H22Br2Cl2N2O5/c34-29-21-12-22(30(29)35)28-27(21)31(41)39(32(28)42)17-8-5-15(6-9-17)25-13-20(18-3-1-2-4-24(18)38-25)33(43)44-14-26(40)19-10-7-16(36)11-23(19)37/h1-11,13,21-22,27-30H,12,14H2. The van der Waals surface area contributed by atoms with Crippen LogP contribution in [0.15, 0.2) is 72.8 Å². The van der Waals surface area contributed by atoms with Gasteiger partial charge < -0.3 is 4.74 Å². The quantitative estimate of drug-likeness (QED) is 0.0875. The number of Topliss-reactive ketones (excluding diaryl/α,β-unsaturated/α-hetero) is 1. The summed E-state index contributed by atoms with van der Waals surface area (Å²) in [6, 6.07) is 20.2. The zero-order chi connectivity index (χ0) is 30.9. The highest BCUT2D eigenvalue weighted by Gasteiger charge is 2.66. The molecule has 3 fully saturated rings. The van der Waals surface area contributed by atoms with E-state index in [0.29, 0.717) is 32.9 Å². The van der Waals surface area contributed by atoms with Crippen LogP contribution >= 0.6 is 55.1 Å². The van der Waals surface area contributed by atoms with Gasteiger partial charge >= 0.3 is 5.97 Å². The van der Waals surface area contributed by atoms with Crippen LogP contribution in [-0.4, -0.2) is 44.8 Å². The number of fused-ring (bicyclic) bond motifs is 6. The third-order valence-corrected chi connectivity index (χ3v) is 12.7. The minimum absolute atomic E-state index is 0.133. The molecule has 3 aliphatic rings. The van der Waals surface area contributed by atoms with Gasteiger partial charge in [-0.2, -0.15) is 0 Å². The molecule has 0 N–H and O–H groups in total. The van der Waals surface area contributed by atoms with Gasteiger partial charge in [0, 0.05) is 31.2 Å². The molecule has 7 rings (SSSR count). The Morgan fingerprint density at radius 1 is 0.864 bits per heavy atom. The Morgan fingerprint density at radius 2 is 1.52 bits per heavy atom. The Hall–Kier alpha value is -3.11. The first-order chi connectivity index (χ1) is 21.1. The molecule has 11 heteroatoms. The number of ether oxygens (including phenoxy) is 1. The first kappa shape index (κ1) is 29.6. The molecule has 6 unspecified atom stereocenters. The summed E-state index contributed by atoms with van der Waals surface area (Å²) >= 11 is 19.5. The molecule has 6 atom stereocenters. The number of amides is 2. The second-order valence-electron chi connectivity index (χ2n) is 11.3. The summed E-state index contributed by atoms with van der Waals surface area (Å²) < 4.78 is 5.42. The number of para-hydroxylation sites is 1. The maximum atomic E-state index is 13.5. The fourth-order valence-corrected chi connectivity index (χ4v) is 9.27. The lowest BCUT2D eigenvalue weighted by molar-refractivity contribution is -0.123. The van der Waals surface area contributed by atoms with Gasteiger partial charge in [0.1, 0.15) is 0 Å². The number of pyridine rings is 1. The maximum absolute atomic E-state index is 13.5. The molecule has 1 saturated heterocycles. The van der Waals surface area contributed by atoms with Gasteiger partial charge in [0.25, 0.3) is 0 Å². The topological polar surface area (TPSA) is 93.6 Å². The van der Waals surface area contributed by atoms with Gasteiger partial charge in [-0.25, -0.2) is 9.78 Å². The largest absolute Gasteiger partial charge is 0.454 e. The molecule has 4 aromatic rings. The molecule has 2 saturated carbocycles. The van der Waals surface area contributed by atoms with Gasteiger partial charge in [-0.3, -0.25) is 19.3 Å². The molecule has 7 nitrogen and oxygen atoms in total. The van der Waals surface area contributed by atoms with Gasteiger partial charge in [0.2, 0.25) is 17.6 Å². The van der Waals surface area contributed by atoms with E-state index in [1.165, 1.54) is 17.0 Å². The molecule has 0 spiro atoms. The highest BCUT2D eigenvalue weighted by Crippen LogP contribution is 2.60. The van der Waals surface area contributed by atoms with Crippen LogP contribution in [0.2, 0.25) is 10.0 Å². The van der Waals surface area contributed by atoms with Crippen LogP contribution in [0.1, 0.15) is 27.1 Å². The Balaban J connectivity index is 1.14. The lowest BCUT2D eigenvalue weighted by Crippen LogP contribution is -2.37. The van der Waals surface area contributed by atoms with Gasteiger partial charge in [-0.15, -0.1) is 0 Å². The number of nitrogens with zero attached hydrogens (tertiary/aromatic N) is 2. The van der Waals surface area contributed by atoms with E-state index in [4.69, 9.17) is 32.9 Å². The predicted octanol–water partition coefficient (Wildman–Crippen LogP) is 7.53. The molecule has 1 aromatic heterocycles. The Labute approximate surface area is 279 Å². The van der Waals surface area contributed by atoms with Crippen LogP contribution in [0.5, 0.6) is 0 Å². The number of alkyl halides is 2. The van der Waals surface area contributed by atoms with Gasteiger partial charge in [0.05, 0.1) is 39.3 Å². The van der Waals surface area contributed by atoms with E-state index in [0.717, 1.165) is 6.42 Å². The number of ketones is 1. The molecule has 3 aromatic carbocycles. The highest BCUT2D eigenvalue weighted by atomic mass is 79.9. The van der Waals surface area contributed by atoms with Crippen molar-refractivity contribution in [2.75, 3.05) is 11.5 Å². The van der Waals surface area contributed by atoms with E-state index in [2.05, 4.69) is 31.9 Å². The van der Waals surface area contributed by atoms with Crippen molar-refractivity contribution in [1.82, 2.24) is 4.98 Å². The molecule has 2 aliphatic carbocycles. The molecule has 1 aliphatic heterocycles. The number of esters is 1. The number of hydrogen-bond donors (Lipinski definition) is 0. The minimum Gasteiger partial charge on any atom is -0.454 e. The Morgan fingerprint density at radius 3 is 2.18 bits per heavy atom. The van der Waals surface area contributed by atoms with Gasteiger partial charge in [-0.05, 0) is 60.7 Å². The van der Waals surface area contributed by atoms with Crippen LogP contribution in [0.4, 0.5) is 5.69 Å². The monoisotopic (exact) mass is 754 g/mol.